The molecule has 1 fully saturated rings. The van der Waals surface area contributed by atoms with Crippen molar-refractivity contribution in [1.82, 2.24) is 24.8 Å². The van der Waals surface area contributed by atoms with Gasteiger partial charge < -0.3 is 14.9 Å². The molecule has 1 amide bonds. The molecule has 2 aromatic carbocycles. The van der Waals surface area contributed by atoms with Crippen molar-refractivity contribution >= 4 is 38.4 Å². The van der Waals surface area contributed by atoms with E-state index in [2.05, 4.69) is 14.9 Å². The van der Waals surface area contributed by atoms with Crippen molar-refractivity contribution in [3.05, 3.63) is 88.6 Å². The lowest BCUT2D eigenvalue weighted by Crippen LogP contribution is -2.48. The second-order valence-corrected chi connectivity index (χ2v) is 9.58. The molecule has 0 radical (unpaired) electrons. The summed E-state index contributed by atoms with van der Waals surface area (Å²) in [5.41, 5.74) is 2.57. The monoisotopic (exact) mass is 469 g/mol. The second-order valence-electron chi connectivity index (χ2n) is 8.55. The summed E-state index contributed by atoms with van der Waals surface area (Å²) in [4.78, 5) is 42.5. The van der Waals surface area contributed by atoms with Crippen LogP contribution < -0.4 is 5.56 Å². The number of nitrogens with one attached hydrogen (secondary N) is 2. The molecule has 2 N–H and O–H groups in total. The Morgan fingerprint density at radius 3 is 2.50 bits per heavy atom. The Bertz CT molecular complexity index is 1510. The predicted molar refractivity (Wildman–Crippen MR) is 135 cm³/mol. The Morgan fingerprint density at radius 2 is 1.71 bits per heavy atom. The minimum Gasteiger partial charge on any atom is -0.351 e. The molecule has 8 heteroatoms. The highest BCUT2D eigenvalue weighted by Gasteiger charge is 2.24. The number of amides is 1. The van der Waals surface area contributed by atoms with Crippen LogP contribution in [0.4, 0.5) is 0 Å². The van der Waals surface area contributed by atoms with E-state index in [1.807, 2.05) is 71.6 Å². The van der Waals surface area contributed by atoms with Gasteiger partial charge in [0.05, 0.1) is 11.9 Å². The number of para-hydroxylation sites is 1. The lowest BCUT2D eigenvalue weighted by molar-refractivity contribution is 0.0620. The molecule has 0 unspecified atom stereocenters. The molecule has 5 aromatic rings. The van der Waals surface area contributed by atoms with Crippen LogP contribution >= 0.6 is 11.3 Å². The number of fused-ring (bicyclic) bond motifs is 2. The van der Waals surface area contributed by atoms with Crippen molar-refractivity contribution in [2.75, 3.05) is 26.2 Å². The molecule has 0 bridgehead atoms. The first-order chi connectivity index (χ1) is 16.6. The van der Waals surface area contributed by atoms with E-state index in [0.717, 1.165) is 39.3 Å². The molecule has 0 saturated carbocycles. The molecule has 7 nitrogen and oxygen atoms in total. The molecule has 170 valence electrons. The first-order valence-electron chi connectivity index (χ1n) is 11.3. The zero-order chi connectivity index (χ0) is 23.1. The lowest BCUT2D eigenvalue weighted by atomic mass is 10.2. The standard InChI is InChI=1S/C26H23N5O2S/c32-24-19-15-22(17-6-2-1-3-7-17)34-25(19)29-23(28-24)16-30-10-12-31(13-11-30)26(33)21-14-18-8-4-5-9-20(18)27-21/h1-9,14-15,27H,10-13,16H2,(H,28,29,32). The summed E-state index contributed by atoms with van der Waals surface area (Å²) in [6.07, 6.45) is 0. The molecule has 0 spiro atoms. The fraction of sp³-hybridized carbons (Fsp3) is 0.192. The first-order valence-corrected chi connectivity index (χ1v) is 12.1. The molecular formula is C26H23N5O2S. The molecular weight excluding hydrogens is 446 g/mol. The minimum absolute atomic E-state index is 0.0239. The molecule has 0 aliphatic carbocycles. The highest BCUT2D eigenvalue weighted by Crippen LogP contribution is 2.30. The fourth-order valence-electron chi connectivity index (χ4n) is 4.48. The van der Waals surface area contributed by atoms with Crippen LogP contribution in [0.5, 0.6) is 0 Å². The minimum atomic E-state index is -0.106. The van der Waals surface area contributed by atoms with Gasteiger partial charge in [0.1, 0.15) is 16.3 Å². The third kappa shape index (κ3) is 3.91. The van der Waals surface area contributed by atoms with Crippen molar-refractivity contribution < 1.29 is 4.79 Å². The zero-order valence-electron chi connectivity index (χ0n) is 18.5. The number of aromatic nitrogens is 3. The molecule has 6 rings (SSSR count). The van der Waals surface area contributed by atoms with Crippen LogP contribution in [0.15, 0.2) is 71.5 Å². The van der Waals surface area contributed by atoms with Gasteiger partial charge in [-0.1, -0.05) is 48.5 Å². The van der Waals surface area contributed by atoms with Gasteiger partial charge in [-0.2, -0.15) is 0 Å². The number of aromatic amines is 2. The summed E-state index contributed by atoms with van der Waals surface area (Å²) in [6.45, 7) is 3.29. The first kappa shape index (κ1) is 20.8. The van der Waals surface area contributed by atoms with Crippen LogP contribution in [0.1, 0.15) is 16.3 Å². The SMILES string of the molecule is O=C(c1cc2ccccc2[nH]1)N1CCN(Cc2nc3sc(-c4ccccc4)cc3c(=O)[nH]2)CC1. The van der Waals surface area contributed by atoms with E-state index in [1.165, 1.54) is 11.3 Å². The normalized spacial score (nSPS) is 14.8. The molecule has 1 saturated heterocycles. The number of piperazine rings is 1. The molecule has 34 heavy (non-hydrogen) atoms. The fourth-order valence-corrected chi connectivity index (χ4v) is 5.53. The summed E-state index contributed by atoms with van der Waals surface area (Å²) in [6, 6.07) is 21.8. The number of benzene rings is 2. The Labute approximate surface area is 199 Å². The maximum absolute atomic E-state index is 13.0. The highest BCUT2D eigenvalue weighted by molar-refractivity contribution is 7.21. The number of thiophene rings is 1. The van der Waals surface area contributed by atoms with Crippen LogP contribution in [0.3, 0.4) is 0 Å². The van der Waals surface area contributed by atoms with Gasteiger partial charge in [0.25, 0.3) is 11.5 Å². The molecule has 3 aromatic heterocycles. The topological polar surface area (TPSA) is 85.1 Å². The van der Waals surface area contributed by atoms with E-state index in [9.17, 15) is 9.59 Å². The highest BCUT2D eigenvalue weighted by atomic mass is 32.1. The number of carbonyl (C=O) groups excluding carboxylic acids is 1. The van der Waals surface area contributed by atoms with E-state index in [0.29, 0.717) is 36.5 Å². The average Bonchev–Trinajstić information content (AvgIpc) is 3.50. The molecule has 4 heterocycles. The van der Waals surface area contributed by atoms with E-state index < -0.39 is 0 Å². The van der Waals surface area contributed by atoms with Crippen molar-refractivity contribution in [2.45, 2.75) is 6.54 Å². The van der Waals surface area contributed by atoms with Crippen molar-refractivity contribution in [3.63, 3.8) is 0 Å². The smallest absolute Gasteiger partial charge is 0.270 e. The largest absolute Gasteiger partial charge is 0.351 e. The van der Waals surface area contributed by atoms with Gasteiger partial charge in [0.2, 0.25) is 0 Å². The average molecular weight is 470 g/mol. The number of rotatable bonds is 4. The van der Waals surface area contributed by atoms with Gasteiger partial charge in [0.15, 0.2) is 0 Å². The van der Waals surface area contributed by atoms with Crippen LogP contribution in [0.25, 0.3) is 31.6 Å². The van der Waals surface area contributed by atoms with E-state index in [1.54, 1.807) is 0 Å². The number of carbonyl (C=O) groups is 1. The summed E-state index contributed by atoms with van der Waals surface area (Å²) >= 11 is 1.54. The molecule has 1 aliphatic heterocycles. The van der Waals surface area contributed by atoms with Crippen LogP contribution in [0.2, 0.25) is 0 Å². The molecule has 0 atom stereocenters. The summed E-state index contributed by atoms with van der Waals surface area (Å²) in [5, 5.41) is 1.67. The third-order valence-electron chi connectivity index (χ3n) is 6.30. The summed E-state index contributed by atoms with van der Waals surface area (Å²) in [7, 11) is 0. The number of H-pyrrole nitrogens is 2. The number of hydrogen-bond donors (Lipinski definition) is 2. The Morgan fingerprint density at radius 1 is 0.941 bits per heavy atom. The third-order valence-corrected chi connectivity index (χ3v) is 7.38. The number of nitrogens with zero attached hydrogens (tertiary/aromatic N) is 3. The summed E-state index contributed by atoms with van der Waals surface area (Å²) in [5.74, 6) is 0.685. The van der Waals surface area contributed by atoms with Gasteiger partial charge >= 0.3 is 0 Å². The van der Waals surface area contributed by atoms with E-state index in [4.69, 9.17) is 4.98 Å². The van der Waals surface area contributed by atoms with Crippen LogP contribution in [-0.4, -0.2) is 56.8 Å². The van der Waals surface area contributed by atoms with Gasteiger partial charge in [-0.15, -0.1) is 11.3 Å². The maximum Gasteiger partial charge on any atom is 0.270 e. The second kappa shape index (κ2) is 8.55. The van der Waals surface area contributed by atoms with Crippen LogP contribution in [0, 0.1) is 0 Å². The quantitative estimate of drug-likeness (QED) is 0.415. The Hall–Kier alpha value is -3.75. The Balaban J connectivity index is 1.14. The lowest BCUT2D eigenvalue weighted by Gasteiger charge is -2.34. The van der Waals surface area contributed by atoms with Crippen molar-refractivity contribution in [3.8, 4) is 10.4 Å². The van der Waals surface area contributed by atoms with Gasteiger partial charge in [-0.25, -0.2) is 4.98 Å². The summed E-state index contributed by atoms with van der Waals surface area (Å²) < 4.78 is 0. The van der Waals surface area contributed by atoms with Gasteiger partial charge in [-0.3, -0.25) is 14.5 Å². The van der Waals surface area contributed by atoms with E-state index in [-0.39, 0.29) is 11.5 Å². The van der Waals surface area contributed by atoms with E-state index >= 15 is 0 Å². The number of hydrogen-bond acceptors (Lipinski definition) is 5. The van der Waals surface area contributed by atoms with Gasteiger partial charge in [0, 0.05) is 42.0 Å². The Kier molecular flexibility index (Phi) is 5.24. The zero-order valence-corrected chi connectivity index (χ0v) is 19.3. The van der Waals surface area contributed by atoms with Crippen LogP contribution in [-0.2, 0) is 6.54 Å². The maximum atomic E-state index is 13.0. The predicted octanol–water partition coefficient (Wildman–Crippen LogP) is 4.09. The molecule has 1 aliphatic rings. The van der Waals surface area contributed by atoms with Crippen molar-refractivity contribution in [1.29, 1.82) is 0 Å². The van der Waals surface area contributed by atoms with Crippen molar-refractivity contribution in [2.24, 2.45) is 0 Å². The van der Waals surface area contributed by atoms with Gasteiger partial charge in [-0.05, 0) is 23.8 Å².